The van der Waals surface area contributed by atoms with E-state index in [-0.39, 0.29) is 17.1 Å². The molecule has 5 heteroatoms. The average Bonchev–Trinajstić information content (AvgIpc) is 2.84. The molecule has 1 N–H and O–H groups in total. The van der Waals surface area contributed by atoms with Gasteiger partial charge in [0.15, 0.2) is 5.78 Å². The Kier molecular flexibility index (Phi) is 3.76. The van der Waals surface area contributed by atoms with Gasteiger partial charge < -0.3 is 9.84 Å². The number of carbonyl (C=O) groups is 2. The predicted octanol–water partition coefficient (Wildman–Crippen LogP) is 3.34. The van der Waals surface area contributed by atoms with E-state index in [9.17, 15) is 14.7 Å². The molecule has 114 valence electrons. The zero-order chi connectivity index (χ0) is 16.4. The van der Waals surface area contributed by atoms with E-state index < -0.39 is 5.97 Å². The van der Waals surface area contributed by atoms with E-state index in [4.69, 9.17) is 0 Å². The Morgan fingerprint density at radius 2 is 1.74 bits per heavy atom. The van der Waals surface area contributed by atoms with Crippen molar-refractivity contribution in [1.82, 2.24) is 0 Å². The van der Waals surface area contributed by atoms with Crippen LogP contribution in [0.2, 0.25) is 0 Å². The van der Waals surface area contributed by atoms with Gasteiger partial charge in [0.25, 0.3) is 0 Å². The van der Waals surface area contributed by atoms with Crippen LogP contribution in [0.5, 0.6) is 0 Å². The van der Waals surface area contributed by atoms with E-state index in [0.717, 1.165) is 0 Å². The van der Waals surface area contributed by atoms with E-state index in [2.05, 4.69) is 9.73 Å². The maximum absolute atomic E-state index is 12.2. The summed E-state index contributed by atoms with van der Waals surface area (Å²) in [7, 11) is 1.31. The minimum atomic E-state index is -0.428. The summed E-state index contributed by atoms with van der Waals surface area (Å²) >= 11 is 0. The molecule has 3 rings (SSSR count). The molecule has 5 nitrogen and oxygen atoms in total. The number of allylic oxidation sites excluding steroid dienone is 1. The van der Waals surface area contributed by atoms with Gasteiger partial charge in [0.2, 0.25) is 0 Å². The van der Waals surface area contributed by atoms with Crippen molar-refractivity contribution in [1.29, 1.82) is 0 Å². The van der Waals surface area contributed by atoms with Gasteiger partial charge >= 0.3 is 5.97 Å². The number of ketones is 1. The van der Waals surface area contributed by atoms with E-state index in [1.165, 1.54) is 13.3 Å². The molecule has 0 atom stereocenters. The lowest BCUT2D eigenvalue weighted by Gasteiger charge is -1.99. The summed E-state index contributed by atoms with van der Waals surface area (Å²) in [6.45, 7) is 0. The number of esters is 1. The van der Waals surface area contributed by atoms with Crippen molar-refractivity contribution in [2.24, 2.45) is 4.99 Å². The summed E-state index contributed by atoms with van der Waals surface area (Å²) in [5.41, 5.74) is 2.11. The molecule has 0 amide bonds. The molecule has 0 aromatic heterocycles. The standard InChI is InChI=1S/C18H13NO4/c1-23-18(22)11-6-8-12(9-7-11)19-10-15-16(20)13-4-2-3-5-14(13)17(15)21/h2-10,20H,1H3. The SMILES string of the molecule is COC(=O)c1ccc(N=CC2=C(O)c3ccccc3C2=O)cc1. The molecular formula is C18H13NO4. The van der Waals surface area contributed by atoms with E-state index >= 15 is 0 Å². The van der Waals surface area contributed by atoms with E-state index in [1.54, 1.807) is 48.5 Å². The highest BCUT2D eigenvalue weighted by molar-refractivity contribution is 6.30. The number of carbonyl (C=O) groups excluding carboxylic acids is 2. The van der Waals surface area contributed by atoms with Crippen molar-refractivity contribution in [3.63, 3.8) is 0 Å². The second-order valence-corrected chi connectivity index (χ2v) is 4.93. The van der Waals surface area contributed by atoms with Crippen LogP contribution < -0.4 is 0 Å². The minimum Gasteiger partial charge on any atom is -0.506 e. The van der Waals surface area contributed by atoms with Gasteiger partial charge in [0, 0.05) is 17.3 Å². The molecule has 0 fully saturated rings. The van der Waals surface area contributed by atoms with E-state index in [0.29, 0.717) is 22.4 Å². The minimum absolute atomic E-state index is 0.0690. The fraction of sp³-hybridized carbons (Fsp3) is 0.0556. The summed E-state index contributed by atoms with van der Waals surface area (Å²) < 4.78 is 4.62. The Labute approximate surface area is 132 Å². The van der Waals surface area contributed by atoms with Crippen LogP contribution in [0.15, 0.2) is 59.1 Å². The first-order chi connectivity index (χ1) is 11.1. The molecule has 1 aliphatic carbocycles. The van der Waals surface area contributed by atoms with Crippen LogP contribution in [0.4, 0.5) is 5.69 Å². The molecule has 0 unspecified atom stereocenters. The van der Waals surface area contributed by atoms with Gasteiger partial charge in [-0.3, -0.25) is 9.79 Å². The molecular weight excluding hydrogens is 294 g/mol. The summed E-state index contributed by atoms with van der Waals surface area (Å²) in [5, 5.41) is 10.1. The first kappa shape index (κ1) is 14.7. The van der Waals surface area contributed by atoms with Crippen LogP contribution in [0, 0.1) is 0 Å². The number of aliphatic imine (C=N–C) groups is 1. The average molecular weight is 307 g/mol. The zero-order valence-corrected chi connectivity index (χ0v) is 12.3. The number of rotatable bonds is 3. The number of methoxy groups -OCH3 is 1. The number of hydrogen-bond acceptors (Lipinski definition) is 5. The van der Waals surface area contributed by atoms with Crippen LogP contribution in [0.25, 0.3) is 5.76 Å². The van der Waals surface area contributed by atoms with Crippen LogP contribution in [0.3, 0.4) is 0 Å². The number of fused-ring (bicyclic) bond motifs is 1. The second kappa shape index (κ2) is 5.88. The number of Topliss-reactive ketones (excluding diaryl/α,β-unsaturated/α-hetero) is 1. The Morgan fingerprint density at radius 1 is 1.09 bits per heavy atom. The molecule has 1 aliphatic rings. The summed E-state index contributed by atoms with van der Waals surface area (Å²) in [5.74, 6) is -0.754. The molecule has 0 saturated carbocycles. The predicted molar refractivity (Wildman–Crippen MR) is 86.3 cm³/mol. The molecule has 2 aromatic rings. The van der Waals surface area contributed by atoms with Crippen molar-refractivity contribution in [3.05, 3.63) is 70.8 Å². The largest absolute Gasteiger partial charge is 0.506 e. The first-order valence-electron chi connectivity index (χ1n) is 6.91. The molecule has 0 aliphatic heterocycles. The smallest absolute Gasteiger partial charge is 0.337 e. The first-order valence-corrected chi connectivity index (χ1v) is 6.91. The topological polar surface area (TPSA) is 76.0 Å². The summed E-state index contributed by atoms with van der Waals surface area (Å²) in [6.07, 6.45) is 1.34. The van der Waals surface area contributed by atoms with Crippen LogP contribution in [0.1, 0.15) is 26.3 Å². The lowest BCUT2D eigenvalue weighted by atomic mass is 10.1. The van der Waals surface area contributed by atoms with Gasteiger partial charge in [-0.1, -0.05) is 24.3 Å². The Morgan fingerprint density at radius 3 is 2.35 bits per heavy atom. The molecule has 23 heavy (non-hydrogen) atoms. The molecule has 0 saturated heterocycles. The number of aliphatic hydroxyl groups is 1. The lowest BCUT2D eigenvalue weighted by Crippen LogP contribution is -2.00. The highest BCUT2D eigenvalue weighted by Gasteiger charge is 2.27. The quantitative estimate of drug-likeness (QED) is 0.697. The van der Waals surface area contributed by atoms with Crippen LogP contribution >= 0.6 is 0 Å². The second-order valence-electron chi connectivity index (χ2n) is 4.93. The summed E-state index contributed by atoms with van der Waals surface area (Å²) in [6, 6.07) is 13.3. The molecule has 0 heterocycles. The van der Waals surface area contributed by atoms with Gasteiger partial charge in [-0.2, -0.15) is 0 Å². The lowest BCUT2D eigenvalue weighted by molar-refractivity contribution is 0.0600. The molecule has 0 spiro atoms. The monoisotopic (exact) mass is 307 g/mol. The molecule has 0 radical (unpaired) electrons. The fourth-order valence-corrected chi connectivity index (χ4v) is 2.35. The highest BCUT2D eigenvalue weighted by Crippen LogP contribution is 2.30. The maximum Gasteiger partial charge on any atom is 0.337 e. The van der Waals surface area contributed by atoms with Crippen LogP contribution in [-0.2, 0) is 4.74 Å². The van der Waals surface area contributed by atoms with Gasteiger partial charge in [-0.05, 0) is 24.3 Å². The van der Waals surface area contributed by atoms with Crippen LogP contribution in [-0.4, -0.2) is 30.2 Å². The van der Waals surface area contributed by atoms with Gasteiger partial charge in [-0.15, -0.1) is 0 Å². The van der Waals surface area contributed by atoms with Crippen molar-refractivity contribution in [2.45, 2.75) is 0 Å². The van der Waals surface area contributed by atoms with Gasteiger partial charge in [0.05, 0.1) is 23.9 Å². The van der Waals surface area contributed by atoms with E-state index in [1.807, 2.05) is 0 Å². The highest BCUT2D eigenvalue weighted by atomic mass is 16.5. The van der Waals surface area contributed by atoms with Crippen molar-refractivity contribution >= 4 is 29.4 Å². The number of nitrogens with zero attached hydrogens (tertiary/aromatic N) is 1. The van der Waals surface area contributed by atoms with Gasteiger partial charge in [-0.25, -0.2) is 4.79 Å². The molecule has 0 bridgehead atoms. The normalized spacial score (nSPS) is 13.5. The number of benzene rings is 2. The van der Waals surface area contributed by atoms with Crippen molar-refractivity contribution in [2.75, 3.05) is 7.11 Å². The van der Waals surface area contributed by atoms with Gasteiger partial charge in [0.1, 0.15) is 5.76 Å². The Bertz CT molecular complexity index is 848. The van der Waals surface area contributed by atoms with Crippen molar-refractivity contribution in [3.8, 4) is 0 Å². The fourth-order valence-electron chi connectivity index (χ4n) is 2.35. The zero-order valence-electron chi connectivity index (χ0n) is 12.3. The number of ether oxygens (including phenoxy) is 1. The molecule has 2 aromatic carbocycles. The Balaban J connectivity index is 1.85. The number of hydrogen-bond donors (Lipinski definition) is 1. The number of aliphatic hydroxyl groups excluding tert-OH is 1. The third kappa shape index (κ3) is 2.64. The summed E-state index contributed by atoms with van der Waals surface area (Å²) in [4.78, 5) is 27.8. The van der Waals surface area contributed by atoms with Crippen molar-refractivity contribution < 1.29 is 19.4 Å². The third-order valence-corrected chi connectivity index (χ3v) is 3.56. The maximum atomic E-state index is 12.2. The third-order valence-electron chi connectivity index (χ3n) is 3.56. The Hall–Kier alpha value is -3.21.